The second kappa shape index (κ2) is 8.61. The molecule has 1 heterocycles. The Bertz CT molecular complexity index is 865. The van der Waals surface area contributed by atoms with Gasteiger partial charge in [0.15, 0.2) is 5.11 Å². The number of ether oxygens (including phenoxy) is 1. The fourth-order valence-corrected chi connectivity index (χ4v) is 4.06. The Morgan fingerprint density at radius 3 is 2.46 bits per heavy atom. The van der Waals surface area contributed by atoms with Crippen LogP contribution in [0.4, 0.5) is 10.7 Å². The normalized spacial score (nSPS) is 10.2. The van der Waals surface area contributed by atoms with E-state index in [4.69, 9.17) is 17.0 Å². The third-order valence-corrected chi connectivity index (χ3v) is 5.58. The molecular formula is C17H18BrN3O3S2. The lowest BCUT2D eigenvalue weighted by Gasteiger charge is -2.11. The summed E-state index contributed by atoms with van der Waals surface area (Å²) in [4.78, 5) is 26.5. The highest BCUT2D eigenvalue weighted by Gasteiger charge is 2.26. The van der Waals surface area contributed by atoms with Crippen molar-refractivity contribution in [3.63, 3.8) is 0 Å². The summed E-state index contributed by atoms with van der Waals surface area (Å²) in [6, 6.07) is 7.51. The summed E-state index contributed by atoms with van der Waals surface area (Å²) in [7, 11) is 4.62. The molecule has 0 saturated carbocycles. The maximum absolute atomic E-state index is 12.4. The molecule has 9 heteroatoms. The average Bonchev–Trinajstić information content (AvgIpc) is 2.91. The molecule has 0 aliphatic heterocycles. The van der Waals surface area contributed by atoms with E-state index in [9.17, 15) is 9.59 Å². The molecule has 2 rings (SSSR count). The number of hydrogen-bond donors (Lipinski definition) is 2. The van der Waals surface area contributed by atoms with E-state index in [1.807, 2.05) is 24.3 Å². The molecule has 0 unspecified atom stereocenters. The SMILES string of the molecule is COC(=O)c1c(NC(=S)Nc2ccccc2Br)sc(C(=O)N(C)C)c1C. The van der Waals surface area contributed by atoms with Crippen LogP contribution in [-0.2, 0) is 4.74 Å². The Morgan fingerprint density at radius 2 is 1.88 bits per heavy atom. The Labute approximate surface area is 169 Å². The van der Waals surface area contributed by atoms with Crippen LogP contribution in [-0.4, -0.2) is 43.1 Å². The number of nitrogens with zero attached hydrogens (tertiary/aromatic N) is 1. The van der Waals surface area contributed by atoms with Gasteiger partial charge in [0, 0.05) is 18.6 Å². The molecule has 2 N–H and O–H groups in total. The molecule has 0 fully saturated rings. The lowest BCUT2D eigenvalue weighted by molar-refractivity contribution is 0.0601. The molecule has 0 saturated heterocycles. The number of para-hydroxylation sites is 1. The molecule has 0 radical (unpaired) electrons. The highest BCUT2D eigenvalue weighted by atomic mass is 79.9. The third kappa shape index (κ3) is 4.40. The van der Waals surface area contributed by atoms with Crippen molar-refractivity contribution in [2.24, 2.45) is 0 Å². The number of thiophene rings is 1. The summed E-state index contributed by atoms with van der Waals surface area (Å²) in [5.74, 6) is -0.710. The van der Waals surface area contributed by atoms with Gasteiger partial charge in [-0.15, -0.1) is 11.3 Å². The number of hydrogen-bond acceptors (Lipinski definition) is 5. The largest absolute Gasteiger partial charge is 0.465 e. The number of carbonyl (C=O) groups excluding carboxylic acids is 2. The zero-order valence-electron chi connectivity index (χ0n) is 14.7. The predicted molar refractivity (Wildman–Crippen MR) is 112 cm³/mol. The Kier molecular flexibility index (Phi) is 6.74. The topological polar surface area (TPSA) is 70.7 Å². The first kappa shape index (κ1) is 20.3. The fraction of sp³-hybridized carbons (Fsp3) is 0.235. The first-order valence-corrected chi connectivity index (χ1v) is 9.54. The minimum atomic E-state index is -0.525. The number of thiocarbonyl (C=S) groups is 1. The zero-order chi connectivity index (χ0) is 19.4. The minimum absolute atomic E-state index is 0.185. The van der Waals surface area contributed by atoms with Gasteiger partial charge in [-0.3, -0.25) is 4.79 Å². The zero-order valence-corrected chi connectivity index (χ0v) is 17.9. The number of esters is 1. The first-order chi connectivity index (χ1) is 12.3. The second-order valence-electron chi connectivity index (χ2n) is 5.51. The number of anilines is 2. The predicted octanol–water partition coefficient (Wildman–Crippen LogP) is 4.12. The van der Waals surface area contributed by atoms with E-state index < -0.39 is 5.97 Å². The van der Waals surface area contributed by atoms with Crippen LogP contribution in [0.2, 0.25) is 0 Å². The number of methoxy groups -OCH3 is 1. The highest BCUT2D eigenvalue weighted by Crippen LogP contribution is 2.34. The molecule has 26 heavy (non-hydrogen) atoms. The average molecular weight is 456 g/mol. The highest BCUT2D eigenvalue weighted by molar-refractivity contribution is 9.10. The number of nitrogens with one attached hydrogen (secondary N) is 2. The van der Waals surface area contributed by atoms with Gasteiger partial charge in [-0.05, 0) is 52.8 Å². The van der Waals surface area contributed by atoms with E-state index in [1.165, 1.54) is 23.3 Å². The Balaban J connectivity index is 2.34. The van der Waals surface area contributed by atoms with Gasteiger partial charge in [0.25, 0.3) is 5.91 Å². The van der Waals surface area contributed by atoms with Crippen LogP contribution in [0.3, 0.4) is 0 Å². The van der Waals surface area contributed by atoms with E-state index in [0.717, 1.165) is 10.2 Å². The van der Waals surface area contributed by atoms with E-state index in [2.05, 4.69) is 26.6 Å². The smallest absolute Gasteiger partial charge is 0.341 e. The van der Waals surface area contributed by atoms with Crippen LogP contribution in [0.15, 0.2) is 28.7 Å². The van der Waals surface area contributed by atoms with E-state index in [0.29, 0.717) is 26.1 Å². The van der Waals surface area contributed by atoms with Crippen molar-refractivity contribution in [3.8, 4) is 0 Å². The quantitative estimate of drug-likeness (QED) is 0.533. The third-order valence-electron chi connectivity index (χ3n) is 3.49. The summed E-state index contributed by atoms with van der Waals surface area (Å²) in [5.41, 5.74) is 1.65. The van der Waals surface area contributed by atoms with Crippen molar-refractivity contribution in [2.45, 2.75) is 6.92 Å². The monoisotopic (exact) mass is 455 g/mol. The molecule has 0 spiro atoms. The lowest BCUT2D eigenvalue weighted by Crippen LogP contribution is -2.21. The molecule has 2 aromatic rings. The van der Waals surface area contributed by atoms with Gasteiger partial charge in [-0.25, -0.2) is 4.79 Å². The van der Waals surface area contributed by atoms with Crippen LogP contribution < -0.4 is 10.6 Å². The summed E-state index contributed by atoms with van der Waals surface area (Å²) >= 11 is 9.95. The van der Waals surface area contributed by atoms with Gasteiger partial charge in [-0.1, -0.05) is 12.1 Å². The standard InChI is InChI=1S/C17H18BrN3O3S2/c1-9-12(16(23)24-4)14(26-13(9)15(22)21(2)3)20-17(25)19-11-8-6-5-7-10(11)18/h5-8H,1-4H3,(H2,19,20,25). The van der Waals surface area contributed by atoms with Crippen LogP contribution in [0.25, 0.3) is 0 Å². The fourth-order valence-electron chi connectivity index (χ4n) is 2.18. The van der Waals surface area contributed by atoms with Gasteiger partial charge < -0.3 is 20.3 Å². The van der Waals surface area contributed by atoms with E-state index >= 15 is 0 Å². The van der Waals surface area contributed by atoms with Crippen molar-refractivity contribution in [3.05, 3.63) is 44.7 Å². The molecule has 1 aromatic carbocycles. The van der Waals surface area contributed by atoms with Gasteiger partial charge in [-0.2, -0.15) is 0 Å². The van der Waals surface area contributed by atoms with Crippen molar-refractivity contribution in [2.75, 3.05) is 31.8 Å². The van der Waals surface area contributed by atoms with E-state index in [-0.39, 0.29) is 5.91 Å². The molecule has 0 bridgehead atoms. The van der Waals surface area contributed by atoms with Crippen molar-refractivity contribution in [1.29, 1.82) is 0 Å². The van der Waals surface area contributed by atoms with Gasteiger partial charge >= 0.3 is 5.97 Å². The van der Waals surface area contributed by atoms with E-state index in [1.54, 1.807) is 21.0 Å². The minimum Gasteiger partial charge on any atom is -0.465 e. The molecule has 0 aliphatic rings. The van der Waals surface area contributed by atoms with Gasteiger partial charge in [0.1, 0.15) is 5.00 Å². The summed E-state index contributed by atoms with van der Waals surface area (Å²) < 4.78 is 5.71. The van der Waals surface area contributed by atoms with Crippen LogP contribution >= 0.6 is 39.5 Å². The molecule has 6 nitrogen and oxygen atoms in total. The summed E-state index contributed by atoms with van der Waals surface area (Å²) in [6.07, 6.45) is 0. The summed E-state index contributed by atoms with van der Waals surface area (Å²) in [5, 5.41) is 6.82. The first-order valence-electron chi connectivity index (χ1n) is 7.52. The molecule has 1 aromatic heterocycles. The summed E-state index contributed by atoms with van der Waals surface area (Å²) in [6.45, 7) is 1.72. The lowest BCUT2D eigenvalue weighted by atomic mass is 10.1. The van der Waals surface area contributed by atoms with Crippen molar-refractivity contribution < 1.29 is 14.3 Å². The van der Waals surface area contributed by atoms with Crippen LogP contribution in [0, 0.1) is 6.92 Å². The molecule has 138 valence electrons. The number of halogens is 1. The maximum atomic E-state index is 12.4. The molecule has 1 amide bonds. The van der Waals surface area contributed by atoms with Crippen molar-refractivity contribution >= 4 is 67.2 Å². The van der Waals surface area contributed by atoms with Crippen LogP contribution in [0.1, 0.15) is 25.6 Å². The van der Waals surface area contributed by atoms with Crippen LogP contribution in [0.5, 0.6) is 0 Å². The van der Waals surface area contributed by atoms with Gasteiger partial charge in [0.2, 0.25) is 0 Å². The number of amides is 1. The number of benzene rings is 1. The van der Waals surface area contributed by atoms with Gasteiger partial charge in [0.05, 0.1) is 23.2 Å². The maximum Gasteiger partial charge on any atom is 0.341 e. The Hall–Kier alpha value is -1.97. The second-order valence-corrected chi connectivity index (χ2v) is 7.79. The Morgan fingerprint density at radius 1 is 1.23 bits per heavy atom. The van der Waals surface area contributed by atoms with Crippen molar-refractivity contribution in [1.82, 2.24) is 4.90 Å². The number of carbonyl (C=O) groups is 2. The molecule has 0 aliphatic carbocycles. The number of rotatable bonds is 4. The molecule has 0 atom stereocenters. The molecular weight excluding hydrogens is 438 g/mol.